The molecule has 2 rings (SSSR count). The average Bonchev–Trinajstić information content (AvgIpc) is 2.77. The van der Waals surface area contributed by atoms with E-state index in [9.17, 15) is 4.79 Å². The number of carboxylic acid groups (broad SMARTS) is 1. The Balaban J connectivity index is 2.22. The molecule has 0 atom stereocenters. The summed E-state index contributed by atoms with van der Waals surface area (Å²) in [6, 6.07) is 6.49. The predicted octanol–water partition coefficient (Wildman–Crippen LogP) is 3.46. The van der Waals surface area contributed by atoms with E-state index >= 15 is 0 Å². The van der Waals surface area contributed by atoms with Crippen LogP contribution >= 0.6 is 34.8 Å². The average molecular weight is 320 g/mol. The largest absolute Gasteiger partial charge is 0.478 e. The molecular formula is C12H9Cl3N2O2. The number of rotatable bonds is 3. The number of hydrogen-bond acceptors (Lipinski definition) is 2. The van der Waals surface area contributed by atoms with E-state index in [1.807, 2.05) is 0 Å². The first-order chi connectivity index (χ1) is 8.88. The van der Waals surface area contributed by atoms with Crippen molar-refractivity contribution >= 4 is 40.8 Å². The molecule has 1 aromatic heterocycles. The van der Waals surface area contributed by atoms with Crippen LogP contribution in [0.4, 0.5) is 0 Å². The Bertz CT molecular complexity index is 588. The molecule has 1 heterocycles. The molecule has 0 aliphatic carbocycles. The SMILES string of the molecule is O=C(O)c1ccc(Cn2ccnc2C(Cl)(Cl)Cl)cc1. The lowest BCUT2D eigenvalue weighted by molar-refractivity contribution is 0.0697. The fourth-order valence-corrected chi connectivity index (χ4v) is 2.11. The molecule has 4 nitrogen and oxygen atoms in total. The molecule has 0 saturated heterocycles. The van der Waals surface area contributed by atoms with Gasteiger partial charge in [0.2, 0.25) is 3.79 Å². The highest BCUT2D eigenvalue weighted by molar-refractivity contribution is 6.66. The molecule has 100 valence electrons. The van der Waals surface area contributed by atoms with Crippen LogP contribution in [-0.2, 0) is 10.3 Å². The van der Waals surface area contributed by atoms with Crippen molar-refractivity contribution in [2.24, 2.45) is 0 Å². The number of halogens is 3. The molecule has 0 spiro atoms. The third-order valence-corrected chi connectivity index (χ3v) is 3.03. The quantitative estimate of drug-likeness (QED) is 0.882. The van der Waals surface area contributed by atoms with Crippen molar-refractivity contribution in [1.82, 2.24) is 9.55 Å². The second-order valence-corrected chi connectivity index (χ2v) is 6.16. The maximum absolute atomic E-state index is 10.7. The van der Waals surface area contributed by atoms with E-state index in [0.717, 1.165) is 5.56 Å². The number of nitrogens with zero attached hydrogens (tertiary/aromatic N) is 2. The number of carbonyl (C=O) groups is 1. The third-order valence-electron chi connectivity index (χ3n) is 2.52. The zero-order chi connectivity index (χ0) is 14.0. The molecule has 0 fully saturated rings. The van der Waals surface area contributed by atoms with Gasteiger partial charge in [0.05, 0.1) is 5.56 Å². The summed E-state index contributed by atoms with van der Waals surface area (Å²) in [4.78, 5) is 14.7. The summed E-state index contributed by atoms with van der Waals surface area (Å²) in [5, 5.41) is 8.82. The lowest BCUT2D eigenvalue weighted by Crippen LogP contribution is -2.12. The number of hydrogen-bond donors (Lipinski definition) is 1. The molecule has 7 heteroatoms. The second-order valence-electron chi connectivity index (χ2n) is 3.88. The summed E-state index contributed by atoms with van der Waals surface area (Å²) in [5.41, 5.74) is 1.12. The van der Waals surface area contributed by atoms with Gasteiger partial charge in [-0.1, -0.05) is 46.9 Å². The van der Waals surface area contributed by atoms with Gasteiger partial charge in [0, 0.05) is 18.9 Å². The summed E-state index contributed by atoms with van der Waals surface area (Å²) < 4.78 is 0.104. The van der Waals surface area contributed by atoms with E-state index in [1.54, 1.807) is 29.1 Å². The second kappa shape index (κ2) is 5.41. The number of aromatic carboxylic acids is 1. The summed E-state index contributed by atoms with van der Waals surface area (Å²) >= 11 is 17.4. The third kappa shape index (κ3) is 3.41. The van der Waals surface area contributed by atoms with Crippen LogP contribution in [0.2, 0.25) is 0 Å². The molecule has 2 aromatic rings. The van der Waals surface area contributed by atoms with Crippen LogP contribution in [0.25, 0.3) is 0 Å². The minimum absolute atomic E-state index is 0.232. The molecule has 0 radical (unpaired) electrons. The smallest absolute Gasteiger partial charge is 0.335 e. The lowest BCUT2D eigenvalue weighted by Gasteiger charge is -2.13. The molecule has 0 saturated carbocycles. The minimum atomic E-state index is -1.59. The molecule has 1 aromatic carbocycles. The van der Waals surface area contributed by atoms with Gasteiger partial charge < -0.3 is 9.67 Å². The van der Waals surface area contributed by atoms with E-state index < -0.39 is 9.76 Å². The van der Waals surface area contributed by atoms with Crippen molar-refractivity contribution in [3.63, 3.8) is 0 Å². The molecule has 0 aliphatic rings. The molecule has 0 aliphatic heterocycles. The molecule has 1 N–H and O–H groups in total. The van der Waals surface area contributed by atoms with Gasteiger partial charge in [-0.15, -0.1) is 0 Å². The Labute approximate surface area is 124 Å². The zero-order valence-electron chi connectivity index (χ0n) is 9.55. The maximum atomic E-state index is 10.7. The van der Waals surface area contributed by atoms with Gasteiger partial charge in [0.15, 0.2) is 5.82 Å². The van der Waals surface area contributed by atoms with Crippen LogP contribution in [0.3, 0.4) is 0 Å². The number of carboxylic acids is 1. The van der Waals surface area contributed by atoms with Crippen molar-refractivity contribution in [2.75, 3.05) is 0 Å². The predicted molar refractivity (Wildman–Crippen MR) is 74.0 cm³/mol. The van der Waals surface area contributed by atoms with Crippen LogP contribution in [0, 0.1) is 0 Å². The number of benzene rings is 1. The standard InChI is InChI=1S/C12H9Cl3N2O2/c13-12(14,15)11-16-5-6-17(11)7-8-1-3-9(4-2-8)10(18)19/h1-6H,7H2,(H,18,19). The highest BCUT2D eigenvalue weighted by Gasteiger charge is 2.28. The molecule has 0 unspecified atom stereocenters. The first kappa shape index (κ1) is 14.2. The van der Waals surface area contributed by atoms with Gasteiger partial charge >= 0.3 is 5.97 Å². The Morgan fingerprint density at radius 3 is 2.42 bits per heavy atom. The van der Waals surface area contributed by atoms with Gasteiger partial charge in [-0.25, -0.2) is 9.78 Å². The minimum Gasteiger partial charge on any atom is -0.478 e. The fourth-order valence-electron chi connectivity index (χ4n) is 1.64. The normalized spacial score (nSPS) is 11.5. The van der Waals surface area contributed by atoms with Gasteiger partial charge in [0.25, 0.3) is 0 Å². The Morgan fingerprint density at radius 1 is 1.26 bits per heavy atom. The Hall–Kier alpha value is -1.23. The van der Waals surface area contributed by atoms with Crippen LogP contribution in [0.15, 0.2) is 36.7 Å². The Kier molecular flexibility index (Phi) is 4.04. The number of imidazole rings is 1. The highest BCUT2D eigenvalue weighted by atomic mass is 35.6. The monoisotopic (exact) mass is 318 g/mol. The van der Waals surface area contributed by atoms with Crippen molar-refractivity contribution in [1.29, 1.82) is 0 Å². The topological polar surface area (TPSA) is 55.1 Å². The molecular weight excluding hydrogens is 311 g/mol. The first-order valence-corrected chi connectivity index (χ1v) is 6.42. The lowest BCUT2D eigenvalue weighted by atomic mass is 10.1. The summed E-state index contributed by atoms with van der Waals surface area (Å²) in [6.45, 7) is 0.448. The van der Waals surface area contributed by atoms with Crippen LogP contribution in [0.5, 0.6) is 0 Å². The van der Waals surface area contributed by atoms with Gasteiger partial charge in [-0.05, 0) is 17.7 Å². The Morgan fingerprint density at radius 2 is 1.89 bits per heavy atom. The maximum Gasteiger partial charge on any atom is 0.335 e. The van der Waals surface area contributed by atoms with Crippen molar-refractivity contribution < 1.29 is 9.90 Å². The molecule has 0 bridgehead atoms. The first-order valence-electron chi connectivity index (χ1n) is 5.28. The summed E-state index contributed by atoms with van der Waals surface area (Å²) in [6.07, 6.45) is 3.24. The summed E-state index contributed by atoms with van der Waals surface area (Å²) in [7, 11) is 0. The number of alkyl halides is 3. The van der Waals surface area contributed by atoms with Gasteiger partial charge in [-0.3, -0.25) is 0 Å². The van der Waals surface area contributed by atoms with Crippen molar-refractivity contribution in [2.45, 2.75) is 10.3 Å². The van der Waals surface area contributed by atoms with E-state index in [4.69, 9.17) is 39.9 Å². The fraction of sp³-hybridized carbons (Fsp3) is 0.167. The molecule has 0 amide bonds. The van der Waals surface area contributed by atoms with E-state index in [0.29, 0.717) is 12.4 Å². The van der Waals surface area contributed by atoms with Crippen LogP contribution < -0.4 is 0 Å². The molecule has 19 heavy (non-hydrogen) atoms. The van der Waals surface area contributed by atoms with E-state index in [1.165, 1.54) is 12.1 Å². The van der Waals surface area contributed by atoms with Gasteiger partial charge in [0.1, 0.15) is 0 Å². The van der Waals surface area contributed by atoms with Crippen molar-refractivity contribution in [3.8, 4) is 0 Å². The van der Waals surface area contributed by atoms with Gasteiger partial charge in [-0.2, -0.15) is 0 Å². The van der Waals surface area contributed by atoms with E-state index in [-0.39, 0.29) is 5.56 Å². The van der Waals surface area contributed by atoms with Crippen molar-refractivity contribution in [3.05, 3.63) is 53.6 Å². The van der Waals surface area contributed by atoms with Crippen LogP contribution in [0.1, 0.15) is 21.7 Å². The van der Waals surface area contributed by atoms with Crippen LogP contribution in [-0.4, -0.2) is 20.6 Å². The number of aromatic nitrogens is 2. The highest BCUT2D eigenvalue weighted by Crippen LogP contribution is 2.37. The summed E-state index contributed by atoms with van der Waals surface area (Å²) in [5.74, 6) is -0.643. The van der Waals surface area contributed by atoms with E-state index in [2.05, 4.69) is 4.98 Å². The zero-order valence-corrected chi connectivity index (χ0v) is 11.8.